The molecule has 0 radical (unpaired) electrons. The first-order chi connectivity index (χ1) is 11.0. The zero-order chi connectivity index (χ0) is 16.4. The molecule has 1 aliphatic heterocycles. The lowest BCUT2D eigenvalue weighted by Gasteiger charge is -2.16. The average Bonchev–Trinajstić information content (AvgIpc) is 3.16. The summed E-state index contributed by atoms with van der Waals surface area (Å²) in [6, 6.07) is 1.92. The first-order valence-electron chi connectivity index (χ1n) is 7.36. The molecule has 0 saturated carbocycles. The molecule has 1 unspecified atom stereocenters. The van der Waals surface area contributed by atoms with Crippen molar-refractivity contribution in [2.24, 2.45) is 0 Å². The molecule has 8 heteroatoms. The van der Waals surface area contributed by atoms with E-state index >= 15 is 0 Å². The van der Waals surface area contributed by atoms with Gasteiger partial charge in [-0.1, -0.05) is 17.9 Å². The summed E-state index contributed by atoms with van der Waals surface area (Å²) in [5, 5.41) is 11.6. The number of likely N-dealkylation sites (tertiary alicyclic amines) is 1. The van der Waals surface area contributed by atoms with Gasteiger partial charge < -0.3 is 10.2 Å². The van der Waals surface area contributed by atoms with E-state index in [1.54, 1.807) is 12.4 Å². The molecule has 1 fully saturated rings. The maximum absolute atomic E-state index is 12.0. The number of rotatable bonds is 4. The van der Waals surface area contributed by atoms with Crippen molar-refractivity contribution in [2.75, 3.05) is 18.4 Å². The van der Waals surface area contributed by atoms with E-state index in [-0.39, 0.29) is 11.8 Å². The number of nitrogens with one attached hydrogen (secondary N) is 1. The number of carbonyl (C=O) groups is 1. The van der Waals surface area contributed by atoms with Gasteiger partial charge in [0, 0.05) is 30.6 Å². The van der Waals surface area contributed by atoms with Gasteiger partial charge in [0.1, 0.15) is 17.2 Å². The molecule has 7 nitrogen and oxygen atoms in total. The highest BCUT2D eigenvalue weighted by atomic mass is 32.1. The molecule has 23 heavy (non-hydrogen) atoms. The summed E-state index contributed by atoms with van der Waals surface area (Å²) in [4.78, 5) is 22.8. The number of amides is 1. The van der Waals surface area contributed by atoms with E-state index in [1.165, 1.54) is 11.3 Å². The van der Waals surface area contributed by atoms with Crippen LogP contribution in [0, 0.1) is 6.92 Å². The van der Waals surface area contributed by atoms with Crippen LogP contribution in [0.15, 0.2) is 23.7 Å². The van der Waals surface area contributed by atoms with Crippen molar-refractivity contribution in [1.29, 1.82) is 0 Å². The lowest BCUT2D eigenvalue weighted by molar-refractivity contribution is -0.126. The number of aryl methyl sites for hydroxylation is 1. The van der Waals surface area contributed by atoms with E-state index in [0.717, 1.165) is 18.7 Å². The molecule has 3 rings (SSSR count). The average molecular weight is 330 g/mol. The lowest BCUT2D eigenvalue weighted by atomic mass is 10.0. The molecule has 120 valence electrons. The van der Waals surface area contributed by atoms with E-state index in [2.05, 4.69) is 32.1 Å². The predicted molar refractivity (Wildman–Crippen MR) is 88.7 cm³/mol. The van der Waals surface area contributed by atoms with Crippen molar-refractivity contribution in [1.82, 2.24) is 25.1 Å². The molecule has 0 bridgehead atoms. The fourth-order valence-corrected chi connectivity index (χ4v) is 3.11. The molecule has 3 heterocycles. The number of carbonyl (C=O) groups excluding carboxylic acids is 1. The lowest BCUT2D eigenvalue weighted by Crippen LogP contribution is -2.28. The monoisotopic (exact) mass is 330 g/mol. The van der Waals surface area contributed by atoms with Gasteiger partial charge in [-0.15, -0.1) is 10.2 Å². The molecule has 1 aliphatic rings. The Kier molecular flexibility index (Phi) is 4.33. The summed E-state index contributed by atoms with van der Waals surface area (Å²) in [6.07, 6.45) is 0.897. The second kappa shape index (κ2) is 6.41. The molecule has 1 amide bonds. The molecule has 2 aromatic rings. The van der Waals surface area contributed by atoms with Gasteiger partial charge in [0.05, 0.1) is 5.69 Å². The largest absolute Gasteiger partial charge is 0.338 e. The third-order valence-corrected chi connectivity index (χ3v) is 4.32. The van der Waals surface area contributed by atoms with Crippen LogP contribution in [0.25, 0.3) is 0 Å². The summed E-state index contributed by atoms with van der Waals surface area (Å²) in [6.45, 7) is 8.74. The molecule has 0 aromatic carbocycles. The zero-order valence-corrected chi connectivity index (χ0v) is 13.9. The summed E-state index contributed by atoms with van der Waals surface area (Å²) >= 11 is 1.41. The number of aromatic nitrogens is 4. The minimum atomic E-state index is 0.0190. The van der Waals surface area contributed by atoms with E-state index in [4.69, 9.17) is 0 Å². The second-order valence-electron chi connectivity index (χ2n) is 5.61. The van der Waals surface area contributed by atoms with Crippen molar-refractivity contribution < 1.29 is 4.79 Å². The SMILES string of the molecule is C=C(C)C(=O)N1CCC(c2cc(Nc3nncs3)nc(C)n2)C1. The van der Waals surface area contributed by atoms with Gasteiger partial charge in [-0.05, 0) is 20.3 Å². The van der Waals surface area contributed by atoms with Crippen LogP contribution in [0.5, 0.6) is 0 Å². The fourth-order valence-electron chi connectivity index (χ4n) is 2.66. The van der Waals surface area contributed by atoms with Crippen LogP contribution in [0.4, 0.5) is 10.9 Å². The van der Waals surface area contributed by atoms with Gasteiger partial charge in [-0.25, -0.2) is 9.97 Å². The fraction of sp³-hybridized carbons (Fsp3) is 0.400. The number of nitrogens with zero attached hydrogens (tertiary/aromatic N) is 5. The Hall–Kier alpha value is -2.35. The highest BCUT2D eigenvalue weighted by Crippen LogP contribution is 2.28. The van der Waals surface area contributed by atoms with Crippen LogP contribution in [-0.4, -0.2) is 44.1 Å². The Morgan fingerprint density at radius 3 is 3.00 bits per heavy atom. The number of hydrogen-bond acceptors (Lipinski definition) is 7. The van der Waals surface area contributed by atoms with Gasteiger partial charge in [0.15, 0.2) is 0 Å². The minimum absolute atomic E-state index is 0.0190. The molecular formula is C15H18N6OS. The smallest absolute Gasteiger partial charge is 0.248 e. The number of hydrogen-bond donors (Lipinski definition) is 1. The maximum Gasteiger partial charge on any atom is 0.248 e. The van der Waals surface area contributed by atoms with Crippen LogP contribution in [0.1, 0.15) is 30.8 Å². The third-order valence-electron chi connectivity index (χ3n) is 3.71. The first-order valence-corrected chi connectivity index (χ1v) is 8.24. The third kappa shape index (κ3) is 3.53. The molecule has 0 spiro atoms. The van der Waals surface area contributed by atoms with Crippen molar-refractivity contribution >= 4 is 28.2 Å². The zero-order valence-electron chi connectivity index (χ0n) is 13.1. The standard InChI is InChI=1S/C15H18N6OS/c1-9(2)14(22)21-5-4-11(7-21)12-6-13(18-10(3)17-12)19-15-20-16-8-23-15/h6,8,11H,1,4-5,7H2,2-3H3,(H,17,18,19,20). The molecule has 1 N–H and O–H groups in total. The predicted octanol–water partition coefficient (Wildman–Crippen LogP) is 2.27. The van der Waals surface area contributed by atoms with Crippen molar-refractivity contribution in [3.63, 3.8) is 0 Å². The van der Waals surface area contributed by atoms with Gasteiger partial charge in [0.2, 0.25) is 11.0 Å². The molecule has 2 aromatic heterocycles. The Balaban J connectivity index is 1.77. The number of anilines is 2. The van der Waals surface area contributed by atoms with E-state index in [1.807, 2.05) is 17.9 Å². The Labute approximate surface area is 138 Å². The van der Waals surface area contributed by atoms with Crippen LogP contribution in [-0.2, 0) is 4.79 Å². The van der Waals surface area contributed by atoms with Crippen LogP contribution in [0.2, 0.25) is 0 Å². The molecule has 1 saturated heterocycles. The van der Waals surface area contributed by atoms with Gasteiger partial charge in [-0.2, -0.15) is 0 Å². The summed E-state index contributed by atoms with van der Waals surface area (Å²) in [5.41, 5.74) is 3.18. The van der Waals surface area contributed by atoms with Crippen molar-refractivity contribution in [3.05, 3.63) is 35.2 Å². The topological polar surface area (TPSA) is 83.9 Å². The van der Waals surface area contributed by atoms with E-state index in [0.29, 0.717) is 28.9 Å². The van der Waals surface area contributed by atoms with Crippen LogP contribution >= 0.6 is 11.3 Å². The van der Waals surface area contributed by atoms with E-state index in [9.17, 15) is 4.79 Å². The molecule has 0 aliphatic carbocycles. The first kappa shape index (κ1) is 15.5. The van der Waals surface area contributed by atoms with Crippen molar-refractivity contribution in [3.8, 4) is 0 Å². The normalized spacial score (nSPS) is 17.3. The Morgan fingerprint density at radius 1 is 1.48 bits per heavy atom. The van der Waals surface area contributed by atoms with Crippen LogP contribution < -0.4 is 5.32 Å². The van der Waals surface area contributed by atoms with Gasteiger partial charge in [-0.3, -0.25) is 4.79 Å². The highest BCUT2D eigenvalue weighted by molar-refractivity contribution is 7.13. The molecular weight excluding hydrogens is 312 g/mol. The highest BCUT2D eigenvalue weighted by Gasteiger charge is 2.28. The van der Waals surface area contributed by atoms with Crippen molar-refractivity contribution in [2.45, 2.75) is 26.2 Å². The van der Waals surface area contributed by atoms with Gasteiger partial charge in [0.25, 0.3) is 0 Å². The summed E-state index contributed by atoms with van der Waals surface area (Å²) in [7, 11) is 0. The minimum Gasteiger partial charge on any atom is -0.338 e. The summed E-state index contributed by atoms with van der Waals surface area (Å²) in [5.74, 6) is 1.63. The van der Waals surface area contributed by atoms with Crippen LogP contribution in [0.3, 0.4) is 0 Å². The molecule has 1 atom stereocenters. The van der Waals surface area contributed by atoms with Gasteiger partial charge >= 0.3 is 0 Å². The Morgan fingerprint density at radius 2 is 2.30 bits per heavy atom. The quantitative estimate of drug-likeness (QED) is 0.866. The maximum atomic E-state index is 12.0. The van der Waals surface area contributed by atoms with E-state index < -0.39 is 0 Å². The Bertz CT molecular complexity index is 730. The second-order valence-corrected chi connectivity index (χ2v) is 6.44. The summed E-state index contributed by atoms with van der Waals surface area (Å²) < 4.78 is 0.